The van der Waals surface area contributed by atoms with Crippen LogP contribution in [-0.4, -0.2) is 40.6 Å². The molecule has 1 saturated carbocycles. The maximum Gasteiger partial charge on any atom is 0.240 e. The first-order valence-corrected chi connectivity index (χ1v) is 10.8. The second kappa shape index (κ2) is 14.5. The highest BCUT2D eigenvalue weighted by Gasteiger charge is 2.13. The van der Waals surface area contributed by atoms with E-state index in [2.05, 4.69) is 15.4 Å². The van der Waals surface area contributed by atoms with E-state index in [1.807, 2.05) is 0 Å². The van der Waals surface area contributed by atoms with Gasteiger partial charge in [-0.2, -0.15) is 0 Å². The number of nitrogens with one attached hydrogen (secondary N) is 3. The smallest absolute Gasteiger partial charge is 0.240 e. The lowest BCUT2D eigenvalue weighted by Gasteiger charge is -2.22. The Bertz CT molecular complexity index is 597. The zero-order valence-electron chi connectivity index (χ0n) is 15.6. The van der Waals surface area contributed by atoms with E-state index in [0.717, 1.165) is 44.6 Å². The summed E-state index contributed by atoms with van der Waals surface area (Å²) < 4.78 is 39.4. The number of sulfonamides is 1. The third-order valence-electron chi connectivity index (χ3n) is 4.54. The summed E-state index contributed by atoms with van der Waals surface area (Å²) in [6.45, 7) is 3.20. The van der Waals surface area contributed by atoms with Gasteiger partial charge < -0.3 is 10.6 Å². The van der Waals surface area contributed by atoms with E-state index < -0.39 is 15.8 Å². The highest BCUT2D eigenvalue weighted by molar-refractivity contribution is 7.89. The highest BCUT2D eigenvalue weighted by atomic mass is 35.5. The van der Waals surface area contributed by atoms with Crippen LogP contribution in [0.2, 0.25) is 0 Å². The maximum absolute atomic E-state index is 12.8. The Hall–Kier alpha value is -0.440. The number of unbranched alkanes of at least 4 members (excludes halogenated alkanes) is 1. The minimum atomic E-state index is -3.54. The number of benzene rings is 1. The van der Waals surface area contributed by atoms with Gasteiger partial charge in [-0.15, -0.1) is 24.8 Å². The van der Waals surface area contributed by atoms with Crippen LogP contribution in [0.1, 0.15) is 44.9 Å². The Balaban J connectivity index is 0.00000338. The molecule has 158 valence electrons. The molecular weight excluding hydrogens is 412 g/mol. The molecule has 0 radical (unpaired) electrons. The summed E-state index contributed by atoms with van der Waals surface area (Å²) >= 11 is 0. The normalized spacial score (nSPS) is 15.0. The molecule has 1 aliphatic rings. The molecule has 1 fully saturated rings. The summed E-state index contributed by atoms with van der Waals surface area (Å²) in [5, 5.41) is 6.96. The lowest BCUT2D eigenvalue weighted by Crippen LogP contribution is -2.36. The molecule has 2 rings (SSSR count). The summed E-state index contributed by atoms with van der Waals surface area (Å²) in [5.74, 6) is -0.442. The fourth-order valence-corrected chi connectivity index (χ4v) is 4.15. The van der Waals surface area contributed by atoms with Crippen LogP contribution in [0.25, 0.3) is 0 Å². The monoisotopic (exact) mass is 443 g/mol. The second-order valence-electron chi connectivity index (χ2n) is 6.60. The zero-order valence-corrected chi connectivity index (χ0v) is 18.0. The first-order valence-electron chi connectivity index (χ1n) is 9.27. The molecule has 9 heteroatoms. The summed E-state index contributed by atoms with van der Waals surface area (Å²) in [6, 6.07) is 5.55. The Morgan fingerprint density at radius 1 is 0.889 bits per heavy atom. The van der Waals surface area contributed by atoms with Crippen molar-refractivity contribution in [1.29, 1.82) is 0 Å². The number of hydrogen-bond donors (Lipinski definition) is 3. The minimum Gasteiger partial charge on any atom is -0.315 e. The molecule has 1 aromatic rings. The average Bonchev–Trinajstić information content (AvgIpc) is 2.61. The molecule has 5 nitrogen and oxygen atoms in total. The zero-order chi connectivity index (χ0) is 18.0. The largest absolute Gasteiger partial charge is 0.315 e. The van der Waals surface area contributed by atoms with Gasteiger partial charge in [0.15, 0.2) is 0 Å². The summed E-state index contributed by atoms with van der Waals surface area (Å²) in [4.78, 5) is 0.0980. The molecule has 0 aromatic heterocycles. The van der Waals surface area contributed by atoms with Gasteiger partial charge >= 0.3 is 0 Å². The van der Waals surface area contributed by atoms with Crippen LogP contribution in [0.3, 0.4) is 0 Å². The van der Waals surface area contributed by atoms with Crippen molar-refractivity contribution in [3.63, 3.8) is 0 Å². The SMILES string of the molecule is Cl.Cl.O=S(=O)(NCCCCNCCNC1CCCCC1)c1ccc(F)cc1. The standard InChI is InChI=1S/C18H30FN3O2S.2ClH/c19-16-8-10-18(11-9-16)25(23,24)22-13-5-4-12-20-14-15-21-17-6-2-1-3-7-17;;/h8-11,17,20-22H,1-7,12-15H2;2*1H. The lowest BCUT2D eigenvalue weighted by atomic mass is 9.95. The lowest BCUT2D eigenvalue weighted by molar-refractivity contribution is 0.372. The molecule has 0 bridgehead atoms. The quantitative estimate of drug-likeness (QED) is 0.459. The first-order chi connectivity index (χ1) is 12.1. The van der Waals surface area contributed by atoms with E-state index in [-0.39, 0.29) is 29.7 Å². The third-order valence-corrected chi connectivity index (χ3v) is 6.01. The third kappa shape index (κ3) is 10.6. The van der Waals surface area contributed by atoms with E-state index in [1.165, 1.54) is 44.2 Å². The second-order valence-corrected chi connectivity index (χ2v) is 8.36. The predicted molar refractivity (Wildman–Crippen MR) is 113 cm³/mol. The number of rotatable bonds is 11. The Kier molecular flexibility index (Phi) is 14.3. The predicted octanol–water partition coefficient (Wildman–Crippen LogP) is 3.24. The average molecular weight is 444 g/mol. The topological polar surface area (TPSA) is 70.2 Å². The number of halogens is 3. The van der Waals surface area contributed by atoms with Gasteiger partial charge in [0.2, 0.25) is 10.0 Å². The fourth-order valence-electron chi connectivity index (χ4n) is 3.08. The van der Waals surface area contributed by atoms with Crippen molar-refractivity contribution in [2.24, 2.45) is 0 Å². The van der Waals surface area contributed by atoms with E-state index in [4.69, 9.17) is 0 Å². The van der Waals surface area contributed by atoms with Gasteiger partial charge in [-0.25, -0.2) is 17.5 Å². The molecule has 0 atom stereocenters. The molecule has 0 unspecified atom stereocenters. The molecule has 27 heavy (non-hydrogen) atoms. The first kappa shape index (κ1) is 26.6. The Morgan fingerprint density at radius 2 is 1.52 bits per heavy atom. The molecular formula is C18H32Cl2FN3O2S. The van der Waals surface area contributed by atoms with Crippen LogP contribution >= 0.6 is 24.8 Å². The van der Waals surface area contributed by atoms with Gasteiger partial charge in [-0.1, -0.05) is 19.3 Å². The van der Waals surface area contributed by atoms with Crippen LogP contribution in [0.4, 0.5) is 4.39 Å². The van der Waals surface area contributed by atoms with Gasteiger partial charge in [0, 0.05) is 25.7 Å². The molecule has 0 amide bonds. The Morgan fingerprint density at radius 3 is 2.19 bits per heavy atom. The van der Waals surface area contributed by atoms with Crippen LogP contribution in [0, 0.1) is 5.82 Å². The van der Waals surface area contributed by atoms with E-state index in [0.29, 0.717) is 12.6 Å². The Labute approximate surface area is 175 Å². The molecule has 1 aliphatic carbocycles. The maximum atomic E-state index is 12.8. The van der Waals surface area contributed by atoms with Gasteiger partial charge in [0.25, 0.3) is 0 Å². The summed E-state index contributed by atoms with van der Waals surface area (Å²) in [5.41, 5.74) is 0. The van der Waals surface area contributed by atoms with Crippen molar-refractivity contribution in [2.45, 2.75) is 55.9 Å². The van der Waals surface area contributed by atoms with Crippen LogP contribution in [0.5, 0.6) is 0 Å². The molecule has 1 aromatic carbocycles. The van der Waals surface area contributed by atoms with Gasteiger partial charge in [-0.3, -0.25) is 0 Å². The van der Waals surface area contributed by atoms with Crippen LogP contribution in [-0.2, 0) is 10.0 Å². The molecule has 3 N–H and O–H groups in total. The van der Waals surface area contributed by atoms with Crippen molar-refractivity contribution in [3.8, 4) is 0 Å². The minimum absolute atomic E-state index is 0. The van der Waals surface area contributed by atoms with Crippen molar-refractivity contribution in [2.75, 3.05) is 26.2 Å². The van der Waals surface area contributed by atoms with Crippen LogP contribution < -0.4 is 15.4 Å². The highest BCUT2D eigenvalue weighted by Crippen LogP contribution is 2.16. The van der Waals surface area contributed by atoms with E-state index >= 15 is 0 Å². The van der Waals surface area contributed by atoms with E-state index in [1.54, 1.807) is 0 Å². The summed E-state index contributed by atoms with van der Waals surface area (Å²) in [7, 11) is -3.54. The molecule has 0 heterocycles. The molecule has 0 aliphatic heterocycles. The van der Waals surface area contributed by atoms with Crippen molar-refractivity contribution < 1.29 is 12.8 Å². The van der Waals surface area contributed by atoms with E-state index in [9.17, 15) is 12.8 Å². The van der Waals surface area contributed by atoms with Gasteiger partial charge in [0.05, 0.1) is 4.90 Å². The fraction of sp³-hybridized carbons (Fsp3) is 0.667. The van der Waals surface area contributed by atoms with Crippen molar-refractivity contribution >= 4 is 34.8 Å². The molecule has 0 saturated heterocycles. The number of hydrogen-bond acceptors (Lipinski definition) is 4. The molecule has 0 spiro atoms. The summed E-state index contributed by atoms with van der Waals surface area (Å²) in [6.07, 6.45) is 8.35. The van der Waals surface area contributed by atoms with Gasteiger partial charge in [0.1, 0.15) is 5.82 Å². The van der Waals surface area contributed by atoms with Crippen molar-refractivity contribution in [3.05, 3.63) is 30.1 Å². The van der Waals surface area contributed by atoms with Gasteiger partial charge in [-0.05, 0) is 56.5 Å². The van der Waals surface area contributed by atoms with Crippen molar-refractivity contribution in [1.82, 2.24) is 15.4 Å². The van der Waals surface area contributed by atoms with Crippen LogP contribution in [0.15, 0.2) is 29.2 Å².